The third-order valence-electron chi connectivity index (χ3n) is 36.3. The predicted molar refractivity (Wildman–Crippen MR) is 475 cm³/mol. The van der Waals surface area contributed by atoms with Gasteiger partial charge in [0.05, 0.1) is 25.9 Å². The van der Waals surface area contributed by atoms with Crippen molar-refractivity contribution in [3.8, 4) is 0 Å². The van der Waals surface area contributed by atoms with Crippen LogP contribution in [0, 0.1) is 121 Å². The molecule has 10 fully saturated rings. The Hall–Kier alpha value is -4.95. The number of Topliss-reactive ketones (excluding diaryl/α,β-unsaturated/α-hetero) is 4. The maximum absolute atomic E-state index is 12.4. The first-order chi connectivity index (χ1) is 55.0. The molecule has 117 heavy (non-hydrogen) atoms. The minimum absolute atomic E-state index is 0.0497. The zero-order chi connectivity index (χ0) is 86.1. The smallest absolute Gasteiger partial charge is 0.302 e. The van der Waals surface area contributed by atoms with E-state index in [1.54, 1.807) is 13.8 Å². The number of epoxide rings is 2. The van der Waals surface area contributed by atoms with Crippen molar-refractivity contribution in [2.45, 2.75) is 347 Å². The van der Waals surface area contributed by atoms with Crippen LogP contribution in [-0.4, -0.2) is 105 Å². The molecule has 0 radical (unpaired) electrons. The molecule has 26 atom stereocenters. The van der Waals surface area contributed by atoms with Gasteiger partial charge in [0.25, 0.3) is 0 Å². The van der Waals surface area contributed by atoms with Crippen LogP contribution in [0.25, 0.3) is 0 Å². The molecule has 0 aromatic carbocycles. The summed E-state index contributed by atoms with van der Waals surface area (Å²) >= 11 is 0. The van der Waals surface area contributed by atoms with E-state index >= 15 is 0 Å². The van der Waals surface area contributed by atoms with Crippen molar-refractivity contribution >= 4 is 29.1 Å². The minimum Gasteiger partial charge on any atom is -0.461 e. The Kier molecular flexibility index (Phi) is 30.3. The lowest BCUT2D eigenvalue weighted by Gasteiger charge is -2.50. The van der Waals surface area contributed by atoms with Crippen molar-refractivity contribution in [3.63, 3.8) is 0 Å². The number of esters is 1. The highest BCUT2D eigenvalue weighted by Crippen LogP contribution is 2.68. The Morgan fingerprint density at radius 1 is 0.444 bits per heavy atom. The van der Waals surface area contributed by atoms with Gasteiger partial charge in [-0.25, -0.2) is 0 Å². The van der Waals surface area contributed by atoms with Crippen LogP contribution in [0.3, 0.4) is 0 Å². The van der Waals surface area contributed by atoms with E-state index in [2.05, 4.69) is 179 Å². The summed E-state index contributed by atoms with van der Waals surface area (Å²) in [6.45, 7) is 59.4. The summed E-state index contributed by atoms with van der Waals surface area (Å²) < 4.78 is 16.8. The van der Waals surface area contributed by atoms with Crippen LogP contribution in [0.1, 0.15) is 317 Å². The zero-order valence-corrected chi connectivity index (χ0v) is 76.5. The average molecular weight is 1610 g/mol. The fourth-order valence-electron chi connectivity index (χ4n) is 26.1. The van der Waals surface area contributed by atoms with Gasteiger partial charge >= 0.3 is 5.97 Å². The van der Waals surface area contributed by atoms with Gasteiger partial charge in [0, 0.05) is 36.2 Å². The molecule has 0 bridgehead atoms. The summed E-state index contributed by atoms with van der Waals surface area (Å²) in [4.78, 5) is 58.5. The summed E-state index contributed by atoms with van der Waals surface area (Å²) in [5, 5.41) is 38.3. The van der Waals surface area contributed by atoms with E-state index in [4.69, 9.17) is 14.2 Å². The van der Waals surface area contributed by atoms with E-state index in [0.29, 0.717) is 98.7 Å². The first-order valence-electron chi connectivity index (χ1n) is 46.7. The number of rotatable bonds is 12. The van der Waals surface area contributed by atoms with Gasteiger partial charge in [-0.2, -0.15) is 0 Å². The maximum atomic E-state index is 12.4. The van der Waals surface area contributed by atoms with Gasteiger partial charge in [-0.1, -0.05) is 229 Å². The van der Waals surface area contributed by atoms with Crippen molar-refractivity contribution in [2.75, 3.05) is 26.4 Å². The molecule has 4 N–H and O–H groups in total. The highest BCUT2D eigenvalue weighted by atomic mass is 16.6. The van der Waals surface area contributed by atoms with Crippen molar-refractivity contribution < 1.29 is 58.6 Å². The Balaban J connectivity index is 0.000000144. The standard InChI is InChI=1S/C17H24O3.C15H24O3.C15H22O3.C15H24O.C15H24.C14H22O.C14H20O/c1-11(10-20-13(3)18)15-9-17(4)12(2)6-5-7-14(17)8-16(15)19;2*1-9-5-4-6-11-7-12(17)15(10(2)8-16)13(18-15)14(9,11)3;1-11(10-16)13-7-8-14-6-4-5-12(2)15(14,3)9-13;1-11(2)13-8-9-14-7-5-6-12(3)15(14,4)10-13;2*1-10-5-4-6-13-8-7-12(11(2)15)9-14(10,13)3/h9,12,14H,1,5-8,10H2,2-4H3;9,11-13,16-17H,2,4-8H2,1,3H3;9,11,13,16H,2,4-8H2,1,3H3;9,12,14,16H,1,4-8,10H2,2-3H3;10,12,14H,1,5-9H2,2-4H3;9-10,13H,4-8H2,1-3H3;4,6,9-10,13H,5,7-8H2,1-3H3/t12-,14+,17+;9-,11+,12+,13-,14+,15+;9-,11+,13-,14+,15+;2*12-,14+,15+;2*10-,13+,14+/m1111111/s1. The SMILES string of the molecule is C=C(C)C1=C[C@]2(C)[C@@H](CCC[C@H]2C)CC1.C=C(CO)C1=C[C@]2(C)[C@@H](CCC[C@H]2C)CC1.C=C(CO)[C@@]12O[C@@H]1[C@]1(C)[C@@H](CCC[C@H]1C)CC2=O.C=C(CO)[C@@]12O[C@@H]1[C@]1(C)[C@@H](CCC[C@H]1C)C[C@@H]2O.C=C(COC(C)=O)C1=C[C@]2(C)[C@@H](CCC[C@H]2C)CC1=O.CC(=O)C1=C[C@@]2(C)[C@H](C)CC=C[C@H]2CC1.CC(=O)C1=C[C@]2(C)[C@@H](CCC[C@H]2C)CC1. The molecule has 12 heteroatoms. The molecule has 0 spiro atoms. The number of hydrogen-bond donors (Lipinski definition) is 4. The van der Waals surface area contributed by atoms with Crippen molar-refractivity contribution in [3.05, 3.63) is 131 Å². The van der Waals surface area contributed by atoms with Crippen LogP contribution in [0.5, 0.6) is 0 Å². The van der Waals surface area contributed by atoms with Gasteiger partial charge in [-0.05, 0) is 304 Å². The van der Waals surface area contributed by atoms with Crippen LogP contribution < -0.4 is 0 Å². The predicted octanol–water partition coefficient (Wildman–Crippen LogP) is 23.1. The average Bonchev–Trinajstić information content (AvgIpc) is 1.51. The molecule has 12 nitrogen and oxygen atoms in total. The molecule has 8 saturated carbocycles. The Morgan fingerprint density at radius 3 is 1.34 bits per heavy atom. The van der Waals surface area contributed by atoms with Gasteiger partial charge in [0.2, 0.25) is 0 Å². The molecule has 0 aromatic heterocycles. The number of allylic oxidation sites excluding steroid dienone is 11. The molecule has 0 unspecified atom stereocenters. The molecular weight excluding hydrogens is 1450 g/mol. The molecule has 2 heterocycles. The molecule has 0 aromatic rings. The lowest BCUT2D eigenvalue weighted by atomic mass is 9.53. The second-order valence-electron chi connectivity index (χ2n) is 42.4. The van der Waals surface area contributed by atoms with Crippen LogP contribution in [-0.2, 0) is 38.2 Å². The number of carbonyl (C=O) groups is 5. The third kappa shape index (κ3) is 18.5. The third-order valence-corrected chi connectivity index (χ3v) is 36.3. The minimum atomic E-state index is -0.842. The second-order valence-corrected chi connectivity index (χ2v) is 42.4. The van der Waals surface area contributed by atoms with Gasteiger partial charge in [-0.15, -0.1) is 0 Å². The molecule has 652 valence electrons. The quantitative estimate of drug-likeness (QED) is 0.0820. The molecular formula is C105H160O12. The van der Waals surface area contributed by atoms with Crippen molar-refractivity contribution in [2.24, 2.45) is 121 Å². The molecule has 2 saturated heterocycles. The normalized spacial score (nSPS) is 42.6. The van der Waals surface area contributed by atoms with Gasteiger partial charge in [0.1, 0.15) is 24.4 Å². The summed E-state index contributed by atoms with van der Waals surface area (Å²) in [6, 6.07) is 0. The highest BCUT2D eigenvalue weighted by Gasteiger charge is 2.76. The van der Waals surface area contributed by atoms with Crippen LogP contribution >= 0.6 is 0 Å². The van der Waals surface area contributed by atoms with Crippen molar-refractivity contribution in [1.82, 2.24) is 0 Å². The number of ketones is 4. The summed E-state index contributed by atoms with van der Waals surface area (Å²) in [7, 11) is 0. The molecule has 0 amide bonds. The van der Waals surface area contributed by atoms with Gasteiger partial charge in [0.15, 0.2) is 28.7 Å². The van der Waals surface area contributed by atoms with E-state index < -0.39 is 17.3 Å². The Morgan fingerprint density at radius 2 is 0.863 bits per heavy atom. The van der Waals surface area contributed by atoms with Gasteiger partial charge in [-0.3, -0.25) is 24.0 Å². The fourth-order valence-corrected chi connectivity index (χ4v) is 26.1. The molecule has 16 rings (SSSR count). The first-order valence-corrected chi connectivity index (χ1v) is 46.7. The highest BCUT2D eigenvalue weighted by molar-refractivity contribution is 6.01. The lowest BCUT2D eigenvalue weighted by Crippen LogP contribution is -2.54. The fraction of sp³-hybridized carbons (Fsp3) is 0.743. The van der Waals surface area contributed by atoms with E-state index in [1.807, 2.05) is 0 Å². The second kappa shape index (κ2) is 37.6. The molecule has 16 aliphatic rings. The Labute approximate surface area is 708 Å². The van der Waals surface area contributed by atoms with E-state index in [0.717, 1.165) is 104 Å². The summed E-state index contributed by atoms with van der Waals surface area (Å²) in [5.74, 6) is 9.97. The topological polar surface area (TPSA) is 201 Å². The number of aliphatic hydroxyl groups excluding tert-OH is 4. The maximum Gasteiger partial charge on any atom is 0.302 e. The number of hydrogen-bond acceptors (Lipinski definition) is 12. The lowest BCUT2D eigenvalue weighted by molar-refractivity contribution is -0.140. The summed E-state index contributed by atoms with van der Waals surface area (Å²) in [6.07, 6.45) is 51.7. The molecule has 14 aliphatic carbocycles. The number of aliphatic hydroxyl groups is 4. The zero-order valence-electron chi connectivity index (χ0n) is 76.5. The van der Waals surface area contributed by atoms with Gasteiger partial charge < -0.3 is 34.6 Å². The Bertz CT molecular complexity index is 3850. The molecule has 2 aliphatic heterocycles. The summed E-state index contributed by atoms with van der Waals surface area (Å²) in [5.41, 5.74) is 9.83. The first kappa shape index (κ1) is 94.3. The van der Waals surface area contributed by atoms with E-state index in [9.17, 15) is 44.4 Å². The van der Waals surface area contributed by atoms with Crippen LogP contribution in [0.2, 0.25) is 0 Å². The van der Waals surface area contributed by atoms with E-state index in [1.165, 1.54) is 152 Å². The largest absolute Gasteiger partial charge is 0.461 e. The number of carbonyl (C=O) groups excluding carboxylic acids is 5. The monoisotopic (exact) mass is 1610 g/mol. The van der Waals surface area contributed by atoms with Crippen molar-refractivity contribution in [1.29, 1.82) is 0 Å². The van der Waals surface area contributed by atoms with Crippen LogP contribution in [0.4, 0.5) is 0 Å². The number of fused-ring (bicyclic) bond motifs is 11. The number of ether oxygens (including phenoxy) is 3. The van der Waals surface area contributed by atoms with Crippen LogP contribution in [0.15, 0.2) is 131 Å². The van der Waals surface area contributed by atoms with E-state index in [-0.39, 0.29) is 89.4 Å².